The fourth-order valence-corrected chi connectivity index (χ4v) is 3.67. The maximum atomic E-state index is 12.3. The van der Waals surface area contributed by atoms with E-state index in [1.807, 2.05) is 32.0 Å². The third-order valence-electron chi connectivity index (χ3n) is 3.94. The molecule has 6 nitrogen and oxygen atoms in total. The Hall–Kier alpha value is -2.64. The summed E-state index contributed by atoms with van der Waals surface area (Å²) in [6, 6.07) is 8.66. The van der Waals surface area contributed by atoms with Crippen molar-refractivity contribution in [2.45, 2.75) is 27.2 Å². The van der Waals surface area contributed by atoms with Gasteiger partial charge in [0.25, 0.3) is 0 Å². The van der Waals surface area contributed by atoms with Gasteiger partial charge in [0.05, 0.1) is 10.2 Å². The number of hydrogen-bond donors (Lipinski definition) is 3. The first-order valence-corrected chi connectivity index (χ1v) is 9.60. The van der Waals surface area contributed by atoms with Crippen LogP contribution < -0.4 is 16.0 Å². The number of halogens is 1. The van der Waals surface area contributed by atoms with Crippen LogP contribution in [0, 0.1) is 13.8 Å². The number of aryl methyl sites for hydroxylation is 2. The minimum atomic E-state index is -0.363. The molecule has 0 radical (unpaired) electrons. The third kappa shape index (κ3) is 4.56. The van der Waals surface area contributed by atoms with Crippen molar-refractivity contribution in [3.63, 3.8) is 0 Å². The molecule has 27 heavy (non-hydrogen) atoms. The zero-order valence-corrected chi connectivity index (χ0v) is 16.7. The minimum absolute atomic E-state index is 0.0822. The Balaban J connectivity index is 1.76. The minimum Gasteiger partial charge on any atom is -0.308 e. The van der Waals surface area contributed by atoms with Gasteiger partial charge in [0.1, 0.15) is 0 Å². The summed E-state index contributed by atoms with van der Waals surface area (Å²) in [5.74, 6) is -0.0822. The first-order chi connectivity index (χ1) is 12.9. The maximum absolute atomic E-state index is 12.3. The fraction of sp³-hybridized carbons (Fsp3) is 0.211. The number of hydrogen-bond acceptors (Lipinski definition) is 4. The summed E-state index contributed by atoms with van der Waals surface area (Å²) in [5, 5.41) is 9.49. The molecule has 3 amide bonds. The second-order valence-electron chi connectivity index (χ2n) is 6.10. The van der Waals surface area contributed by atoms with Crippen LogP contribution in [-0.4, -0.2) is 16.9 Å². The average molecular weight is 403 g/mol. The molecule has 0 fully saturated rings. The van der Waals surface area contributed by atoms with E-state index in [1.165, 1.54) is 11.3 Å². The Morgan fingerprint density at radius 2 is 1.78 bits per heavy atom. The topological polar surface area (TPSA) is 83.1 Å². The average Bonchev–Trinajstić information content (AvgIpc) is 3.01. The number of nitrogens with zero attached hydrogens (tertiary/aromatic N) is 1. The molecule has 0 bridgehead atoms. The first kappa shape index (κ1) is 19.1. The first-order valence-electron chi connectivity index (χ1n) is 8.41. The smallest absolute Gasteiger partial charge is 0.308 e. The number of carbonyl (C=O) groups is 2. The number of rotatable bonds is 4. The van der Waals surface area contributed by atoms with E-state index in [0.29, 0.717) is 27.9 Å². The molecule has 3 rings (SSSR count). The van der Waals surface area contributed by atoms with E-state index in [9.17, 15) is 9.59 Å². The number of fused-ring (bicyclic) bond motifs is 1. The Morgan fingerprint density at radius 1 is 1.04 bits per heavy atom. The fourth-order valence-electron chi connectivity index (χ4n) is 2.49. The van der Waals surface area contributed by atoms with Crippen molar-refractivity contribution in [1.82, 2.24) is 4.98 Å². The Bertz CT molecular complexity index is 1030. The molecule has 0 atom stereocenters. The van der Waals surface area contributed by atoms with Crippen LogP contribution in [0.5, 0.6) is 0 Å². The van der Waals surface area contributed by atoms with Crippen LogP contribution in [0.3, 0.4) is 0 Å². The predicted octanol–water partition coefficient (Wildman–Crippen LogP) is 5.56. The van der Waals surface area contributed by atoms with Crippen molar-refractivity contribution < 1.29 is 9.59 Å². The summed E-state index contributed by atoms with van der Waals surface area (Å²) in [4.78, 5) is 28.3. The molecular formula is C19H19ClN4O2S. The van der Waals surface area contributed by atoms with Gasteiger partial charge >= 0.3 is 6.03 Å². The Labute approximate surface area is 165 Å². The molecule has 1 heterocycles. The van der Waals surface area contributed by atoms with Crippen LogP contribution in [0.15, 0.2) is 30.3 Å². The number of amides is 3. The van der Waals surface area contributed by atoms with Gasteiger partial charge in [0.2, 0.25) is 5.91 Å². The molecule has 140 valence electrons. The second-order valence-corrected chi connectivity index (χ2v) is 7.54. The van der Waals surface area contributed by atoms with Crippen LogP contribution in [0.1, 0.15) is 24.5 Å². The molecule has 0 saturated heterocycles. The lowest BCUT2D eigenvalue weighted by Crippen LogP contribution is -2.19. The molecular weight excluding hydrogens is 384 g/mol. The highest BCUT2D eigenvalue weighted by molar-refractivity contribution is 7.22. The van der Waals surface area contributed by atoms with E-state index in [-0.39, 0.29) is 11.9 Å². The number of carbonyl (C=O) groups excluding carboxylic acids is 2. The van der Waals surface area contributed by atoms with Gasteiger partial charge in [-0.2, -0.15) is 0 Å². The molecule has 0 unspecified atom stereocenters. The van der Waals surface area contributed by atoms with Crippen molar-refractivity contribution >= 4 is 61.6 Å². The number of aromatic nitrogens is 1. The summed E-state index contributed by atoms with van der Waals surface area (Å²) >= 11 is 7.46. The van der Waals surface area contributed by atoms with Crippen molar-refractivity contribution in [2.75, 3.05) is 16.0 Å². The number of thiazole rings is 1. The predicted molar refractivity (Wildman–Crippen MR) is 112 cm³/mol. The number of anilines is 3. The van der Waals surface area contributed by atoms with E-state index in [4.69, 9.17) is 11.6 Å². The quantitative estimate of drug-likeness (QED) is 0.534. The number of benzene rings is 2. The van der Waals surface area contributed by atoms with E-state index in [1.54, 1.807) is 19.1 Å². The molecule has 0 spiro atoms. The SMILES string of the molecule is CCC(=O)Nc1nc2c(C)cc(NC(=O)Nc3ccc(C)c(Cl)c3)cc2s1. The standard InChI is InChI=1S/C19H19ClN4O2S/c1-4-16(25)23-19-24-17-11(3)7-13(9-15(17)27-19)22-18(26)21-12-6-5-10(2)14(20)8-12/h5-9H,4H2,1-3H3,(H2,21,22,26)(H,23,24,25). The zero-order chi connectivity index (χ0) is 19.6. The second kappa shape index (κ2) is 7.94. The van der Waals surface area contributed by atoms with Gasteiger partial charge in [0.15, 0.2) is 5.13 Å². The third-order valence-corrected chi connectivity index (χ3v) is 5.27. The molecule has 0 aliphatic heterocycles. The van der Waals surface area contributed by atoms with Crippen LogP contribution in [0.4, 0.5) is 21.3 Å². The summed E-state index contributed by atoms with van der Waals surface area (Å²) < 4.78 is 0.884. The molecule has 3 aromatic rings. The molecule has 1 aromatic heterocycles. The van der Waals surface area contributed by atoms with Gasteiger partial charge in [-0.25, -0.2) is 9.78 Å². The van der Waals surface area contributed by atoms with E-state index >= 15 is 0 Å². The lowest BCUT2D eigenvalue weighted by Gasteiger charge is -2.09. The van der Waals surface area contributed by atoms with E-state index in [0.717, 1.165) is 21.3 Å². The lowest BCUT2D eigenvalue weighted by atomic mass is 10.2. The van der Waals surface area contributed by atoms with E-state index < -0.39 is 0 Å². The highest BCUT2D eigenvalue weighted by atomic mass is 35.5. The molecule has 8 heteroatoms. The van der Waals surface area contributed by atoms with Crippen LogP contribution >= 0.6 is 22.9 Å². The largest absolute Gasteiger partial charge is 0.323 e. The van der Waals surface area contributed by atoms with Gasteiger partial charge < -0.3 is 16.0 Å². The Kier molecular flexibility index (Phi) is 5.62. The van der Waals surface area contributed by atoms with Gasteiger partial charge in [-0.15, -0.1) is 0 Å². The van der Waals surface area contributed by atoms with Crippen LogP contribution in [0.2, 0.25) is 5.02 Å². The van der Waals surface area contributed by atoms with Crippen LogP contribution in [0.25, 0.3) is 10.2 Å². The summed E-state index contributed by atoms with van der Waals surface area (Å²) in [6.45, 7) is 5.60. The number of nitrogens with one attached hydrogen (secondary N) is 3. The van der Waals surface area contributed by atoms with Crippen molar-refractivity contribution in [1.29, 1.82) is 0 Å². The van der Waals surface area contributed by atoms with Gasteiger partial charge in [0, 0.05) is 22.8 Å². The summed E-state index contributed by atoms with van der Waals surface area (Å²) in [6.07, 6.45) is 0.394. The normalized spacial score (nSPS) is 10.7. The van der Waals surface area contributed by atoms with Crippen molar-refractivity contribution in [3.05, 3.63) is 46.5 Å². The highest BCUT2D eigenvalue weighted by Gasteiger charge is 2.11. The monoisotopic (exact) mass is 402 g/mol. The van der Waals surface area contributed by atoms with E-state index in [2.05, 4.69) is 20.9 Å². The Morgan fingerprint density at radius 3 is 2.48 bits per heavy atom. The summed E-state index contributed by atoms with van der Waals surface area (Å²) in [5.41, 5.74) is 3.92. The van der Waals surface area contributed by atoms with Crippen molar-refractivity contribution in [2.24, 2.45) is 0 Å². The van der Waals surface area contributed by atoms with Gasteiger partial charge in [-0.1, -0.05) is 35.9 Å². The summed E-state index contributed by atoms with van der Waals surface area (Å²) in [7, 11) is 0. The highest BCUT2D eigenvalue weighted by Crippen LogP contribution is 2.31. The van der Waals surface area contributed by atoms with Crippen molar-refractivity contribution in [3.8, 4) is 0 Å². The van der Waals surface area contributed by atoms with Crippen LogP contribution in [-0.2, 0) is 4.79 Å². The molecule has 3 N–H and O–H groups in total. The number of urea groups is 1. The lowest BCUT2D eigenvalue weighted by molar-refractivity contribution is -0.115. The zero-order valence-electron chi connectivity index (χ0n) is 15.1. The van der Waals surface area contributed by atoms with Gasteiger partial charge in [-0.05, 0) is 49.2 Å². The maximum Gasteiger partial charge on any atom is 0.323 e. The molecule has 0 aliphatic rings. The molecule has 0 saturated carbocycles. The molecule has 2 aromatic carbocycles. The van der Waals surface area contributed by atoms with Gasteiger partial charge in [-0.3, -0.25) is 4.79 Å². The molecule has 0 aliphatic carbocycles.